The first-order valence-corrected chi connectivity index (χ1v) is 3.72. The third-order valence-electron chi connectivity index (χ3n) is 2.36. The SMILES string of the molecule is CC1=CC=C(C)C(C)(O)C1O. The van der Waals surface area contributed by atoms with E-state index in [2.05, 4.69) is 0 Å². The van der Waals surface area contributed by atoms with Gasteiger partial charge in [-0.15, -0.1) is 0 Å². The molecular weight excluding hydrogens is 140 g/mol. The maximum absolute atomic E-state index is 9.72. The Bertz CT molecular complexity index is 224. The first-order chi connectivity index (χ1) is 4.96. The molecule has 1 aliphatic carbocycles. The Balaban J connectivity index is 3.03. The van der Waals surface area contributed by atoms with Gasteiger partial charge in [0.05, 0.1) is 0 Å². The number of allylic oxidation sites excluding steroid dienone is 2. The van der Waals surface area contributed by atoms with Crippen LogP contribution in [0.4, 0.5) is 0 Å². The molecule has 0 aliphatic heterocycles. The van der Waals surface area contributed by atoms with Crippen LogP contribution in [0.5, 0.6) is 0 Å². The normalized spacial score (nSPS) is 38.1. The van der Waals surface area contributed by atoms with E-state index >= 15 is 0 Å². The number of aliphatic hydroxyl groups is 2. The van der Waals surface area contributed by atoms with Crippen molar-refractivity contribution in [2.45, 2.75) is 32.5 Å². The van der Waals surface area contributed by atoms with E-state index in [-0.39, 0.29) is 0 Å². The molecule has 1 aliphatic rings. The van der Waals surface area contributed by atoms with Crippen molar-refractivity contribution in [2.75, 3.05) is 0 Å². The molecule has 0 aromatic heterocycles. The van der Waals surface area contributed by atoms with Crippen molar-refractivity contribution < 1.29 is 10.2 Å². The van der Waals surface area contributed by atoms with Gasteiger partial charge in [0.15, 0.2) is 0 Å². The maximum atomic E-state index is 9.72. The van der Waals surface area contributed by atoms with Crippen molar-refractivity contribution >= 4 is 0 Å². The van der Waals surface area contributed by atoms with Gasteiger partial charge in [-0.25, -0.2) is 0 Å². The number of aliphatic hydroxyl groups excluding tert-OH is 1. The molecule has 62 valence electrons. The van der Waals surface area contributed by atoms with Crippen LogP contribution in [-0.4, -0.2) is 21.9 Å². The molecule has 2 heteroatoms. The summed E-state index contributed by atoms with van der Waals surface area (Å²) in [6, 6.07) is 0. The van der Waals surface area contributed by atoms with E-state index in [1.807, 2.05) is 26.0 Å². The number of hydrogen-bond donors (Lipinski definition) is 2. The first-order valence-electron chi connectivity index (χ1n) is 3.72. The molecule has 0 saturated carbocycles. The minimum atomic E-state index is -1.08. The van der Waals surface area contributed by atoms with Crippen molar-refractivity contribution in [1.29, 1.82) is 0 Å². The van der Waals surface area contributed by atoms with Gasteiger partial charge in [-0.2, -0.15) is 0 Å². The lowest BCUT2D eigenvalue weighted by Crippen LogP contribution is -2.42. The zero-order valence-corrected chi connectivity index (χ0v) is 7.13. The quantitative estimate of drug-likeness (QED) is 0.546. The molecule has 2 nitrogen and oxygen atoms in total. The second-order valence-electron chi connectivity index (χ2n) is 3.31. The molecule has 0 aromatic carbocycles. The maximum Gasteiger partial charge on any atom is 0.112 e. The largest absolute Gasteiger partial charge is 0.385 e. The fraction of sp³-hybridized carbons (Fsp3) is 0.556. The van der Waals surface area contributed by atoms with E-state index in [9.17, 15) is 10.2 Å². The molecule has 2 atom stereocenters. The van der Waals surface area contributed by atoms with E-state index in [0.717, 1.165) is 11.1 Å². The van der Waals surface area contributed by atoms with Gasteiger partial charge in [-0.1, -0.05) is 12.2 Å². The molecule has 0 radical (unpaired) electrons. The van der Waals surface area contributed by atoms with Crippen molar-refractivity contribution in [3.05, 3.63) is 23.3 Å². The van der Waals surface area contributed by atoms with Crippen molar-refractivity contribution in [2.24, 2.45) is 0 Å². The van der Waals surface area contributed by atoms with E-state index in [1.54, 1.807) is 6.92 Å². The van der Waals surface area contributed by atoms with Crippen LogP contribution in [0.15, 0.2) is 23.3 Å². The molecule has 0 aromatic rings. The summed E-state index contributed by atoms with van der Waals surface area (Å²) in [4.78, 5) is 0. The van der Waals surface area contributed by atoms with E-state index in [4.69, 9.17) is 0 Å². The van der Waals surface area contributed by atoms with Crippen LogP contribution in [0.1, 0.15) is 20.8 Å². The predicted octanol–water partition coefficient (Wildman–Crippen LogP) is 1.00. The Kier molecular flexibility index (Phi) is 1.90. The molecular formula is C9H14O2. The zero-order valence-electron chi connectivity index (χ0n) is 7.13. The van der Waals surface area contributed by atoms with Gasteiger partial charge in [-0.3, -0.25) is 0 Å². The molecule has 0 heterocycles. The third kappa shape index (κ3) is 1.24. The van der Waals surface area contributed by atoms with Crippen LogP contribution in [0.25, 0.3) is 0 Å². The first kappa shape index (κ1) is 8.50. The number of hydrogen-bond acceptors (Lipinski definition) is 2. The van der Waals surface area contributed by atoms with E-state index in [0.29, 0.717) is 0 Å². The van der Waals surface area contributed by atoms with Crippen LogP contribution in [-0.2, 0) is 0 Å². The van der Waals surface area contributed by atoms with Gasteiger partial charge >= 0.3 is 0 Å². The van der Waals surface area contributed by atoms with Crippen LogP contribution >= 0.6 is 0 Å². The predicted molar refractivity (Wildman–Crippen MR) is 44.1 cm³/mol. The Morgan fingerprint density at radius 2 is 1.91 bits per heavy atom. The Labute approximate surface area is 66.9 Å². The topological polar surface area (TPSA) is 40.5 Å². The lowest BCUT2D eigenvalue weighted by Gasteiger charge is -2.33. The summed E-state index contributed by atoms with van der Waals surface area (Å²) >= 11 is 0. The second kappa shape index (κ2) is 2.47. The van der Waals surface area contributed by atoms with Crippen molar-refractivity contribution in [1.82, 2.24) is 0 Å². The van der Waals surface area contributed by atoms with Crippen molar-refractivity contribution in [3.8, 4) is 0 Å². The summed E-state index contributed by atoms with van der Waals surface area (Å²) in [5, 5.41) is 19.2. The summed E-state index contributed by atoms with van der Waals surface area (Å²) < 4.78 is 0. The zero-order chi connectivity index (χ0) is 8.65. The minimum Gasteiger partial charge on any atom is -0.385 e. The average molecular weight is 154 g/mol. The highest BCUT2D eigenvalue weighted by atomic mass is 16.3. The fourth-order valence-electron chi connectivity index (χ4n) is 1.18. The van der Waals surface area contributed by atoms with Crippen LogP contribution in [0.2, 0.25) is 0 Å². The Morgan fingerprint density at radius 1 is 1.36 bits per heavy atom. The summed E-state index contributed by atoms with van der Waals surface area (Å²) in [6.45, 7) is 5.24. The van der Waals surface area contributed by atoms with Crippen LogP contribution in [0, 0.1) is 0 Å². The Hall–Kier alpha value is -0.600. The summed E-state index contributed by atoms with van der Waals surface area (Å²) in [5.41, 5.74) is 0.523. The second-order valence-corrected chi connectivity index (χ2v) is 3.31. The molecule has 2 unspecified atom stereocenters. The highest BCUT2D eigenvalue weighted by Gasteiger charge is 2.34. The molecule has 0 saturated heterocycles. The summed E-state index contributed by atoms with van der Waals surface area (Å²) in [5.74, 6) is 0. The summed E-state index contributed by atoms with van der Waals surface area (Å²) in [6.07, 6.45) is 2.91. The molecule has 11 heavy (non-hydrogen) atoms. The van der Waals surface area contributed by atoms with Crippen LogP contribution in [0.3, 0.4) is 0 Å². The summed E-state index contributed by atoms with van der Waals surface area (Å²) in [7, 11) is 0. The smallest absolute Gasteiger partial charge is 0.112 e. The highest BCUT2D eigenvalue weighted by molar-refractivity contribution is 5.33. The van der Waals surface area contributed by atoms with E-state index in [1.165, 1.54) is 0 Å². The van der Waals surface area contributed by atoms with Gasteiger partial charge in [-0.05, 0) is 31.9 Å². The molecule has 1 rings (SSSR count). The van der Waals surface area contributed by atoms with Crippen molar-refractivity contribution in [3.63, 3.8) is 0 Å². The Morgan fingerprint density at radius 3 is 2.36 bits per heavy atom. The van der Waals surface area contributed by atoms with Gasteiger partial charge in [0.25, 0.3) is 0 Å². The average Bonchev–Trinajstić information content (AvgIpc) is 1.95. The molecule has 0 spiro atoms. The highest BCUT2D eigenvalue weighted by Crippen LogP contribution is 2.28. The minimum absolute atomic E-state index is 0.757. The third-order valence-corrected chi connectivity index (χ3v) is 2.36. The molecule has 0 amide bonds. The van der Waals surface area contributed by atoms with Gasteiger partial charge in [0.1, 0.15) is 11.7 Å². The molecule has 0 fully saturated rings. The molecule has 0 bridgehead atoms. The fourth-order valence-corrected chi connectivity index (χ4v) is 1.18. The number of rotatable bonds is 0. The van der Waals surface area contributed by atoms with Gasteiger partial charge in [0.2, 0.25) is 0 Å². The lowest BCUT2D eigenvalue weighted by atomic mass is 9.83. The molecule has 2 N–H and O–H groups in total. The lowest BCUT2D eigenvalue weighted by molar-refractivity contribution is -0.0161. The monoisotopic (exact) mass is 154 g/mol. The van der Waals surface area contributed by atoms with E-state index < -0.39 is 11.7 Å². The standard InChI is InChI=1S/C9H14O2/c1-6-4-5-7(2)9(3,11)8(6)10/h4-5,8,10-11H,1-3H3. The van der Waals surface area contributed by atoms with Crippen LogP contribution < -0.4 is 0 Å². The van der Waals surface area contributed by atoms with Gasteiger partial charge < -0.3 is 10.2 Å². The van der Waals surface area contributed by atoms with Gasteiger partial charge in [0, 0.05) is 0 Å².